The van der Waals surface area contributed by atoms with E-state index in [9.17, 15) is 9.18 Å². The summed E-state index contributed by atoms with van der Waals surface area (Å²) in [6.45, 7) is 4.48. The van der Waals surface area contributed by atoms with E-state index in [-0.39, 0.29) is 11.7 Å². The van der Waals surface area contributed by atoms with Crippen LogP contribution in [-0.2, 0) is 7.05 Å². The molecule has 0 aliphatic carbocycles. The molecule has 0 aliphatic heterocycles. The van der Waals surface area contributed by atoms with Crippen molar-refractivity contribution in [2.24, 2.45) is 7.05 Å². The van der Waals surface area contributed by atoms with Gasteiger partial charge in [-0.15, -0.1) is 0 Å². The zero-order valence-corrected chi connectivity index (χ0v) is 11.9. The molecule has 0 bridgehead atoms. The molecule has 1 amide bonds. The maximum atomic E-state index is 13.9. The molecule has 1 N–H and O–H groups in total. The molecule has 4 nitrogen and oxygen atoms in total. The summed E-state index contributed by atoms with van der Waals surface area (Å²) in [5.41, 5.74) is 2.30. The van der Waals surface area contributed by atoms with E-state index in [1.807, 2.05) is 13.8 Å². The molecule has 20 heavy (non-hydrogen) atoms. The lowest BCUT2D eigenvalue weighted by Gasteiger charge is -2.04. The van der Waals surface area contributed by atoms with Gasteiger partial charge in [0.25, 0.3) is 5.91 Å². The third kappa shape index (κ3) is 2.87. The van der Waals surface area contributed by atoms with E-state index < -0.39 is 0 Å². The zero-order chi connectivity index (χ0) is 14.7. The molecule has 0 spiro atoms. The highest BCUT2D eigenvalue weighted by molar-refractivity contribution is 5.93. The molecule has 5 heteroatoms. The number of halogens is 1. The molecular weight excluding hydrogens is 257 g/mol. The summed E-state index contributed by atoms with van der Waals surface area (Å²) in [6.07, 6.45) is 0.859. The van der Waals surface area contributed by atoms with Crippen LogP contribution >= 0.6 is 0 Å². The van der Waals surface area contributed by atoms with Crippen molar-refractivity contribution in [2.45, 2.75) is 20.3 Å². The zero-order valence-electron chi connectivity index (χ0n) is 11.9. The van der Waals surface area contributed by atoms with Crippen LogP contribution in [0.1, 0.15) is 29.4 Å². The van der Waals surface area contributed by atoms with Gasteiger partial charge in [0.05, 0.1) is 5.69 Å². The maximum Gasteiger partial charge on any atom is 0.271 e. The minimum atomic E-state index is -0.320. The summed E-state index contributed by atoms with van der Waals surface area (Å²) in [5.74, 6) is -0.555. The van der Waals surface area contributed by atoms with Crippen molar-refractivity contribution in [3.05, 3.63) is 41.3 Å². The first kappa shape index (κ1) is 14.2. The van der Waals surface area contributed by atoms with Crippen LogP contribution < -0.4 is 5.32 Å². The lowest BCUT2D eigenvalue weighted by Crippen LogP contribution is -2.24. The highest BCUT2D eigenvalue weighted by atomic mass is 19.1. The van der Waals surface area contributed by atoms with Gasteiger partial charge in [-0.2, -0.15) is 5.10 Å². The number of carbonyl (C=O) groups is 1. The van der Waals surface area contributed by atoms with Crippen LogP contribution in [0.3, 0.4) is 0 Å². The van der Waals surface area contributed by atoms with Crippen molar-refractivity contribution in [2.75, 3.05) is 6.54 Å². The number of rotatable bonds is 4. The number of hydrogen-bond donors (Lipinski definition) is 1. The maximum absolute atomic E-state index is 13.9. The standard InChI is InChI=1S/C15H18FN3O/c1-4-7-17-15(20)13-9-14(19(3)18-13)11-8-10(2)5-6-12(11)16/h5-6,8-9H,4,7H2,1-3H3,(H,17,20). The van der Waals surface area contributed by atoms with Crippen molar-refractivity contribution in [3.63, 3.8) is 0 Å². The Hall–Kier alpha value is -2.17. The molecule has 0 radical (unpaired) electrons. The van der Waals surface area contributed by atoms with E-state index >= 15 is 0 Å². The summed E-state index contributed by atoms with van der Waals surface area (Å²) in [7, 11) is 1.70. The van der Waals surface area contributed by atoms with Gasteiger partial charge < -0.3 is 5.32 Å². The predicted octanol–water partition coefficient (Wildman–Crippen LogP) is 2.67. The molecule has 2 aromatic rings. The van der Waals surface area contributed by atoms with E-state index in [1.165, 1.54) is 10.7 Å². The molecule has 0 aliphatic rings. The lowest BCUT2D eigenvalue weighted by molar-refractivity contribution is 0.0948. The third-order valence-electron chi connectivity index (χ3n) is 3.05. The molecule has 2 rings (SSSR count). The number of aryl methyl sites for hydroxylation is 2. The molecule has 0 fully saturated rings. The molecule has 1 aromatic carbocycles. The topological polar surface area (TPSA) is 46.9 Å². The summed E-state index contributed by atoms with van der Waals surface area (Å²) in [4.78, 5) is 11.9. The van der Waals surface area contributed by atoms with E-state index in [1.54, 1.807) is 25.2 Å². The minimum Gasteiger partial charge on any atom is -0.351 e. The molecule has 0 unspecified atom stereocenters. The van der Waals surface area contributed by atoms with E-state index in [0.717, 1.165) is 12.0 Å². The minimum absolute atomic E-state index is 0.234. The van der Waals surface area contributed by atoms with E-state index in [0.29, 0.717) is 23.5 Å². The Morgan fingerprint density at radius 1 is 1.40 bits per heavy atom. The Balaban J connectivity index is 2.36. The normalized spacial score (nSPS) is 10.6. The number of carbonyl (C=O) groups excluding carboxylic acids is 1. The van der Waals surface area contributed by atoms with Gasteiger partial charge in [0.15, 0.2) is 5.69 Å². The van der Waals surface area contributed by atoms with Crippen LogP contribution in [0.4, 0.5) is 4.39 Å². The number of nitrogens with zero attached hydrogens (tertiary/aromatic N) is 2. The first-order chi connectivity index (χ1) is 9.52. The highest BCUT2D eigenvalue weighted by Crippen LogP contribution is 2.24. The summed E-state index contributed by atoms with van der Waals surface area (Å²) in [6, 6.07) is 6.50. The van der Waals surface area contributed by atoms with Crippen molar-refractivity contribution in [1.29, 1.82) is 0 Å². The lowest BCUT2D eigenvalue weighted by atomic mass is 10.1. The molecule has 0 saturated carbocycles. The van der Waals surface area contributed by atoms with Gasteiger partial charge in [-0.3, -0.25) is 9.48 Å². The van der Waals surface area contributed by atoms with E-state index in [4.69, 9.17) is 0 Å². The van der Waals surface area contributed by atoms with Crippen LogP contribution in [0, 0.1) is 12.7 Å². The van der Waals surface area contributed by atoms with Gasteiger partial charge in [0.2, 0.25) is 0 Å². The Bertz CT molecular complexity index is 634. The van der Waals surface area contributed by atoms with Gasteiger partial charge in [0, 0.05) is 19.2 Å². The fraction of sp³-hybridized carbons (Fsp3) is 0.333. The summed E-state index contributed by atoms with van der Waals surface area (Å²) >= 11 is 0. The molecule has 1 heterocycles. The predicted molar refractivity (Wildman–Crippen MR) is 76.0 cm³/mol. The second-order valence-electron chi connectivity index (χ2n) is 4.78. The van der Waals surface area contributed by atoms with Crippen LogP contribution in [-0.4, -0.2) is 22.2 Å². The fourth-order valence-electron chi connectivity index (χ4n) is 1.99. The summed E-state index contributed by atoms with van der Waals surface area (Å²) in [5, 5.41) is 6.91. The largest absolute Gasteiger partial charge is 0.351 e. The van der Waals surface area contributed by atoms with Gasteiger partial charge in [-0.1, -0.05) is 18.6 Å². The van der Waals surface area contributed by atoms with Crippen LogP contribution in [0.2, 0.25) is 0 Å². The Morgan fingerprint density at radius 3 is 2.85 bits per heavy atom. The average molecular weight is 275 g/mol. The Kier molecular flexibility index (Phi) is 4.17. The molecule has 0 atom stereocenters. The molecule has 0 saturated heterocycles. The molecule has 1 aromatic heterocycles. The smallest absolute Gasteiger partial charge is 0.271 e. The number of aromatic nitrogens is 2. The first-order valence-corrected chi connectivity index (χ1v) is 6.61. The number of nitrogens with one attached hydrogen (secondary N) is 1. The van der Waals surface area contributed by atoms with Crippen LogP contribution in [0.15, 0.2) is 24.3 Å². The number of hydrogen-bond acceptors (Lipinski definition) is 2. The van der Waals surface area contributed by atoms with Gasteiger partial charge in [-0.25, -0.2) is 4.39 Å². The second kappa shape index (κ2) is 5.86. The van der Waals surface area contributed by atoms with Crippen molar-refractivity contribution >= 4 is 5.91 Å². The fourth-order valence-corrected chi connectivity index (χ4v) is 1.99. The second-order valence-corrected chi connectivity index (χ2v) is 4.78. The highest BCUT2D eigenvalue weighted by Gasteiger charge is 2.15. The van der Waals surface area contributed by atoms with Crippen LogP contribution in [0.5, 0.6) is 0 Å². The van der Waals surface area contributed by atoms with Gasteiger partial charge in [0.1, 0.15) is 5.82 Å². The van der Waals surface area contributed by atoms with Crippen LogP contribution in [0.25, 0.3) is 11.3 Å². The SMILES string of the molecule is CCCNC(=O)c1cc(-c2cc(C)ccc2F)n(C)n1. The average Bonchev–Trinajstić information content (AvgIpc) is 2.81. The molecular formula is C15H18FN3O. The molecule has 106 valence electrons. The third-order valence-corrected chi connectivity index (χ3v) is 3.05. The van der Waals surface area contributed by atoms with Gasteiger partial charge in [-0.05, 0) is 31.5 Å². The van der Waals surface area contributed by atoms with Crippen molar-refractivity contribution < 1.29 is 9.18 Å². The first-order valence-electron chi connectivity index (χ1n) is 6.61. The van der Waals surface area contributed by atoms with Gasteiger partial charge >= 0.3 is 0 Å². The number of benzene rings is 1. The van der Waals surface area contributed by atoms with E-state index in [2.05, 4.69) is 10.4 Å². The Morgan fingerprint density at radius 2 is 2.15 bits per heavy atom. The van der Waals surface area contributed by atoms with Crippen molar-refractivity contribution in [3.8, 4) is 11.3 Å². The number of amides is 1. The Labute approximate surface area is 117 Å². The monoisotopic (exact) mass is 275 g/mol. The quantitative estimate of drug-likeness (QED) is 0.932. The van der Waals surface area contributed by atoms with Crippen molar-refractivity contribution in [1.82, 2.24) is 15.1 Å². The summed E-state index contributed by atoms with van der Waals surface area (Å²) < 4.78 is 15.4.